The van der Waals surface area contributed by atoms with Crippen molar-refractivity contribution in [1.29, 1.82) is 0 Å². The van der Waals surface area contributed by atoms with Gasteiger partial charge in [-0.05, 0) is 31.2 Å². The highest BCUT2D eigenvalue weighted by molar-refractivity contribution is 6.03. The first-order valence-electron chi connectivity index (χ1n) is 9.38. The first-order chi connectivity index (χ1) is 14.5. The van der Waals surface area contributed by atoms with Crippen LogP contribution in [0.5, 0.6) is 0 Å². The number of nitro benzene ring substituents is 1. The molecule has 0 bridgehead atoms. The Kier molecular flexibility index (Phi) is 6.54. The number of esters is 1. The van der Waals surface area contributed by atoms with E-state index < -0.39 is 22.8 Å². The van der Waals surface area contributed by atoms with Crippen LogP contribution in [-0.2, 0) is 4.74 Å². The molecule has 3 rings (SSSR count). The highest BCUT2D eigenvalue weighted by Gasteiger charge is 2.28. The zero-order valence-corrected chi connectivity index (χ0v) is 16.3. The summed E-state index contributed by atoms with van der Waals surface area (Å²) >= 11 is 0. The van der Waals surface area contributed by atoms with Gasteiger partial charge in [-0.1, -0.05) is 42.5 Å². The zero-order valence-electron chi connectivity index (χ0n) is 16.3. The maximum atomic E-state index is 13.1. The van der Waals surface area contributed by atoms with E-state index in [2.05, 4.69) is 5.32 Å². The molecule has 1 atom stereocenters. The van der Waals surface area contributed by atoms with E-state index in [1.54, 1.807) is 54.6 Å². The van der Waals surface area contributed by atoms with E-state index in [0.29, 0.717) is 28.9 Å². The summed E-state index contributed by atoms with van der Waals surface area (Å²) in [5.41, 5.74) is 1.50. The molecule has 3 aromatic rings. The number of hydrogen-bond donors (Lipinski definition) is 1. The molecule has 0 amide bonds. The molecule has 0 aliphatic rings. The summed E-state index contributed by atoms with van der Waals surface area (Å²) in [4.78, 5) is 36.4. The summed E-state index contributed by atoms with van der Waals surface area (Å²) in [6, 6.07) is 20.7. The number of para-hydroxylation sites is 1. The third kappa shape index (κ3) is 4.70. The van der Waals surface area contributed by atoms with E-state index in [1.807, 2.05) is 6.92 Å². The predicted molar refractivity (Wildman–Crippen MR) is 113 cm³/mol. The van der Waals surface area contributed by atoms with Gasteiger partial charge in [-0.15, -0.1) is 0 Å². The molecule has 0 saturated carbocycles. The van der Waals surface area contributed by atoms with Gasteiger partial charge in [0.05, 0.1) is 10.5 Å². The summed E-state index contributed by atoms with van der Waals surface area (Å²) < 4.78 is 5.63. The van der Waals surface area contributed by atoms with Crippen molar-refractivity contribution >= 4 is 23.1 Å². The Hall–Kier alpha value is -4.00. The van der Waals surface area contributed by atoms with E-state index in [1.165, 1.54) is 24.3 Å². The van der Waals surface area contributed by atoms with Gasteiger partial charge in [0.15, 0.2) is 6.10 Å². The fraction of sp³-hybridized carbons (Fsp3) is 0.130. The van der Waals surface area contributed by atoms with Crippen LogP contribution >= 0.6 is 0 Å². The maximum absolute atomic E-state index is 13.1. The van der Waals surface area contributed by atoms with Crippen LogP contribution in [0, 0.1) is 10.1 Å². The van der Waals surface area contributed by atoms with Crippen molar-refractivity contribution in [3.05, 3.63) is 106 Å². The van der Waals surface area contributed by atoms with E-state index in [9.17, 15) is 19.7 Å². The summed E-state index contributed by atoms with van der Waals surface area (Å²) in [6.45, 7) is 2.51. The summed E-state index contributed by atoms with van der Waals surface area (Å²) in [7, 11) is 0. The fourth-order valence-corrected chi connectivity index (χ4v) is 2.97. The number of Topliss-reactive ketones (excluding diaryl/α,β-unsaturated/α-hetero) is 1. The Morgan fingerprint density at radius 1 is 0.967 bits per heavy atom. The largest absolute Gasteiger partial charge is 0.445 e. The van der Waals surface area contributed by atoms with Crippen molar-refractivity contribution in [2.45, 2.75) is 13.0 Å². The number of nitro groups is 1. The smallest absolute Gasteiger partial charge is 0.341 e. The van der Waals surface area contributed by atoms with Crippen LogP contribution < -0.4 is 5.32 Å². The van der Waals surface area contributed by atoms with Crippen LogP contribution in [-0.4, -0.2) is 23.2 Å². The van der Waals surface area contributed by atoms with Crippen LogP contribution in [0.3, 0.4) is 0 Å². The van der Waals surface area contributed by atoms with E-state index >= 15 is 0 Å². The highest BCUT2D eigenvalue weighted by Crippen LogP contribution is 2.27. The quantitative estimate of drug-likeness (QED) is 0.250. The van der Waals surface area contributed by atoms with Crippen molar-refractivity contribution in [2.75, 3.05) is 11.9 Å². The predicted octanol–water partition coefficient (Wildman–Crippen LogP) is 4.81. The zero-order chi connectivity index (χ0) is 21.5. The van der Waals surface area contributed by atoms with Crippen LogP contribution in [0.15, 0.2) is 78.9 Å². The first kappa shape index (κ1) is 20.7. The summed E-state index contributed by atoms with van der Waals surface area (Å²) in [5, 5.41) is 14.0. The van der Waals surface area contributed by atoms with Gasteiger partial charge in [0.2, 0.25) is 5.78 Å². The molecular formula is C23H20N2O5. The van der Waals surface area contributed by atoms with E-state index in [0.717, 1.165) is 0 Å². The number of carbonyl (C=O) groups is 2. The van der Waals surface area contributed by atoms with Crippen molar-refractivity contribution in [2.24, 2.45) is 0 Å². The lowest BCUT2D eigenvalue weighted by Gasteiger charge is -2.18. The molecule has 3 aromatic carbocycles. The molecule has 0 unspecified atom stereocenters. The number of ether oxygens (including phenoxy) is 1. The molecule has 7 heteroatoms. The monoisotopic (exact) mass is 404 g/mol. The molecule has 0 aromatic heterocycles. The number of anilines is 1. The van der Waals surface area contributed by atoms with Crippen molar-refractivity contribution in [3.8, 4) is 0 Å². The molecule has 1 N–H and O–H groups in total. The van der Waals surface area contributed by atoms with Crippen LogP contribution in [0.4, 0.5) is 11.4 Å². The summed E-state index contributed by atoms with van der Waals surface area (Å²) in [5.74, 6) is -1.09. The third-order valence-electron chi connectivity index (χ3n) is 4.44. The molecule has 0 aliphatic heterocycles. The van der Waals surface area contributed by atoms with Gasteiger partial charge >= 0.3 is 5.97 Å². The molecule has 30 heavy (non-hydrogen) atoms. The van der Waals surface area contributed by atoms with Gasteiger partial charge in [0, 0.05) is 35.5 Å². The SMILES string of the molecule is CCNc1ccccc1C(=O)O[C@H](C(=O)c1ccccc1)c1ccc([N+](=O)[O-])cc1. The minimum Gasteiger partial charge on any atom is -0.445 e. The number of nitrogens with one attached hydrogen (secondary N) is 1. The Balaban J connectivity index is 1.96. The third-order valence-corrected chi connectivity index (χ3v) is 4.44. The van der Waals surface area contributed by atoms with Gasteiger partial charge in [-0.3, -0.25) is 14.9 Å². The molecule has 152 valence electrons. The number of benzene rings is 3. The van der Waals surface area contributed by atoms with Gasteiger partial charge in [-0.25, -0.2) is 4.79 Å². The van der Waals surface area contributed by atoms with Crippen LogP contribution in [0.25, 0.3) is 0 Å². The van der Waals surface area contributed by atoms with Crippen LogP contribution in [0.1, 0.15) is 39.3 Å². The topological polar surface area (TPSA) is 98.5 Å². The Morgan fingerprint density at radius 3 is 2.23 bits per heavy atom. The molecule has 0 fully saturated rings. The van der Waals surface area contributed by atoms with E-state index in [-0.39, 0.29) is 5.69 Å². The average Bonchev–Trinajstić information content (AvgIpc) is 2.78. The minimum absolute atomic E-state index is 0.117. The van der Waals surface area contributed by atoms with Crippen molar-refractivity contribution in [1.82, 2.24) is 0 Å². The van der Waals surface area contributed by atoms with Gasteiger partial charge in [0.25, 0.3) is 5.69 Å². The molecular weight excluding hydrogens is 384 g/mol. The molecule has 0 heterocycles. The molecule has 0 saturated heterocycles. The maximum Gasteiger partial charge on any atom is 0.341 e. The second kappa shape index (κ2) is 9.47. The fourth-order valence-electron chi connectivity index (χ4n) is 2.97. The number of hydrogen-bond acceptors (Lipinski definition) is 6. The number of non-ortho nitro benzene ring substituents is 1. The van der Waals surface area contributed by atoms with Crippen molar-refractivity contribution < 1.29 is 19.2 Å². The Bertz CT molecular complexity index is 1050. The second-order valence-corrected chi connectivity index (χ2v) is 6.44. The number of ketones is 1. The number of rotatable bonds is 8. The lowest BCUT2D eigenvalue weighted by molar-refractivity contribution is -0.384. The Labute approximate surface area is 173 Å². The first-order valence-corrected chi connectivity index (χ1v) is 9.38. The molecule has 0 aliphatic carbocycles. The number of carbonyl (C=O) groups excluding carboxylic acids is 2. The molecule has 0 radical (unpaired) electrons. The standard InChI is InChI=1S/C23H20N2O5/c1-2-24-20-11-7-6-10-19(20)23(27)30-22(21(26)16-8-4-3-5-9-16)17-12-14-18(15-13-17)25(28)29/h3-15,22,24H,2H2,1H3/t22-/m0/s1. The minimum atomic E-state index is -1.24. The van der Waals surface area contributed by atoms with Crippen molar-refractivity contribution in [3.63, 3.8) is 0 Å². The average molecular weight is 404 g/mol. The van der Waals surface area contributed by atoms with Gasteiger partial charge < -0.3 is 10.1 Å². The molecule has 0 spiro atoms. The van der Waals surface area contributed by atoms with Crippen LogP contribution in [0.2, 0.25) is 0 Å². The highest BCUT2D eigenvalue weighted by atomic mass is 16.6. The number of nitrogens with zero attached hydrogens (tertiary/aromatic N) is 1. The van der Waals surface area contributed by atoms with Gasteiger partial charge in [0.1, 0.15) is 0 Å². The Morgan fingerprint density at radius 2 is 1.60 bits per heavy atom. The lowest BCUT2D eigenvalue weighted by Crippen LogP contribution is -2.21. The summed E-state index contributed by atoms with van der Waals surface area (Å²) in [6.07, 6.45) is -1.24. The lowest BCUT2D eigenvalue weighted by atomic mass is 9.99. The van der Waals surface area contributed by atoms with Gasteiger partial charge in [-0.2, -0.15) is 0 Å². The second-order valence-electron chi connectivity index (χ2n) is 6.44. The van der Waals surface area contributed by atoms with E-state index in [4.69, 9.17) is 4.74 Å². The normalized spacial score (nSPS) is 11.4. The molecule has 7 nitrogen and oxygen atoms in total.